The van der Waals surface area contributed by atoms with Gasteiger partial charge in [-0.1, -0.05) is 72.8 Å². The van der Waals surface area contributed by atoms with Crippen LogP contribution in [0.4, 0.5) is 11.4 Å². The van der Waals surface area contributed by atoms with Gasteiger partial charge in [0.2, 0.25) is 0 Å². The molecular formula is C29H26N2. The van der Waals surface area contributed by atoms with Crippen LogP contribution >= 0.6 is 0 Å². The summed E-state index contributed by atoms with van der Waals surface area (Å²) >= 11 is 0. The average Bonchev–Trinajstić information content (AvgIpc) is 3.26. The Kier molecular flexibility index (Phi) is 3.68. The maximum Gasteiger partial charge on any atom is 0.0727 e. The van der Waals surface area contributed by atoms with Crippen LogP contribution in [0.25, 0.3) is 22.3 Å². The van der Waals surface area contributed by atoms with E-state index in [9.17, 15) is 0 Å². The molecule has 0 bridgehead atoms. The molecule has 0 radical (unpaired) electrons. The fourth-order valence-corrected chi connectivity index (χ4v) is 5.94. The standard InChI is InChI=1S/C29H26N2/c1-30(2)25-17-9-15-23-27(25)19-11-5-7-13-21(19)29(23)22-14-8-6-12-20(22)28-24(29)16-10-18-26(28)31(3)4/h5-18H,1-4H3. The van der Waals surface area contributed by atoms with Gasteiger partial charge in [0.1, 0.15) is 0 Å². The number of hydrogen-bond donors (Lipinski definition) is 0. The first kappa shape index (κ1) is 18.3. The molecule has 152 valence electrons. The molecule has 0 N–H and O–H groups in total. The third kappa shape index (κ3) is 2.12. The van der Waals surface area contributed by atoms with Gasteiger partial charge in [-0.3, -0.25) is 0 Å². The molecule has 0 heterocycles. The highest BCUT2D eigenvalue weighted by molar-refractivity contribution is 6.01. The second-order valence-corrected chi connectivity index (χ2v) is 9.03. The van der Waals surface area contributed by atoms with Crippen molar-refractivity contribution in [3.05, 3.63) is 107 Å². The van der Waals surface area contributed by atoms with Crippen LogP contribution in [0.1, 0.15) is 22.3 Å². The summed E-state index contributed by atoms with van der Waals surface area (Å²) in [6.07, 6.45) is 0. The number of benzene rings is 4. The van der Waals surface area contributed by atoms with Gasteiger partial charge in [0.05, 0.1) is 5.41 Å². The van der Waals surface area contributed by atoms with E-state index in [1.54, 1.807) is 0 Å². The third-order valence-electron chi connectivity index (χ3n) is 7.06. The quantitative estimate of drug-likeness (QED) is 0.342. The predicted octanol–water partition coefficient (Wildman–Crippen LogP) is 6.16. The molecule has 4 aromatic rings. The Morgan fingerprint density at radius 3 is 1.26 bits per heavy atom. The van der Waals surface area contributed by atoms with E-state index in [1.165, 1.54) is 55.9 Å². The van der Waals surface area contributed by atoms with Gasteiger partial charge in [0, 0.05) is 50.7 Å². The Morgan fingerprint density at radius 1 is 0.452 bits per heavy atom. The maximum atomic E-state index is 2.34. The molecule has 0 atom stereocenters. The molecule has 2 nitrogen and oxygen atoms in total. The van der Waals surface area contributed by atoms with Crippen LogP contribution in [0.15, 0.2) is 84.9 Å². The zero-order chi connectivity index (χ0) is 21.3. The summed E-state index contributed by atoms with van der Waals surface area (Å²) < 4.78 is 0. The van der Waals surface area contributed by atoms with E-state index in [0.29, 0.717) is 0 Å². The van der Waals surface area contributed by atoms with E-state index < -0.39 is 0 Å². The van der Waals surface area contributed by atoms with E-state index in [4.69, 9.17) is 0 Å². The van der Waals surface area contributed by atoms with Crippen molar-refractivity contribution in [1.29, 1.82) is 0 Å². The van der Waals surface area contributed by atoms with Gasteiger partial charge in [0.15, 0.2) is 0 Å². The Labute approximate surface area is 184 Å². The van der Waals surface area contributed by atoms with Gasteiger partial charge < -0.3 is 9.80 Å². The molecule has 0 unspecified atom stereocenters. The third-order valence-corrected chi connectivity index (χ3v) is 7.06. The smallest absolute Gasteiger partial charge is 0.0727 e. The maximum absolute atomic E-state index is 2.34. The van der Waals surface area contributed by atoms with E-state index in [-0.39, 0.29) is 5.41 Å². The molecule has 0 saturated carbocycles. The van der Waals surface area contributed by atoms with Crippen LogP contribution in [-0.2, 0) is 5.41 Å². The minimum Gasteiger partial charge on any atom is -0.377 e. The lowest BCUT2D eigenvalue weighted by molar-refractivity contribution is 0.793. The monoisotopic (exact) mass is 402 g/mol. The Hall–Kier alpha value is -3.52. The van der Waals surface area contributed by atoms with Gasteiger partial charge in [0.25, 0.3) is 0 Å². The molecule has 2 heteroatoms. The van der Waals surface area contributed by atoms with Gasteiger partial charge in [-0.2, -0.15) is 0 Å². The highest BCUT2D eigenvalue weighted by atomic mass is 15.1. The summed E-state index contributed by atoms with van der Waals surface area (Å²) in [5.41, 5.74) is 13.2. The van der Waals surface area contributed by atoms with Gasteiger partial charge in [-0.05, 0) is 45.5 Å². The van der Waals surface area contributed by atoms with Crippen molar-refractivity contribution in [1.82, 2.24) is 0 Å². The van der Waals surface area contributed by atoms with Crippen LogP contribution in [-0.4, -0.2) is 28.2 Å². The highest BCUT2D eigenvalue weighted by Gasteiger charge is 2.52. The molecule has 0 saturated heterocycles. The number of fused-ring (bicyclic) bond motifs is 10. The molecule has 1 spiro atoms. The van der Waals surface area contributed by atoms with Crippen molar-refractivity contribution in [2.75, 3.05) is 38.0 Å². The average molecular weight is 403 g/mol. The fourth-order valence-electron chi connectivity index (χ4n) is 5.94. The minimum absolute atomic E-state index is 0.282. The van der Waals surface area contributed by atoms with Crippen molar-refractivity contribution in [2.45, 2.75) is 5.41 Å². The zero-order valence-corrected chi connectivity index (χ0v) is 18.5. The van der Waals surface area contributed by atoms with E-state index >= 15 is 0 Å². The van der Waals surface area contributed by atoms with Crippen molar-refractivity contribution in [3.8, 4) is 22.3 Å². The summed E-state index contributed by atoms with van der Waals surface area (Å²) in [5, 5.41) is 0. The van der Waals surface area contributed by atoms with Crippen molar-refractivity contribution >= 4 is 11.4 Å². The van der Waals surface area contributed by atoms with Gasteiger partial charge in [-0.15, -0.1) is 0 Å². The van der Waals surface area contributed by atoms with Gasteiger partial charge >= 0.3 is 0 Å². The summed E-state index contributed by atoms with van der Waals surface area (Å²) in [4.78, 5) is 4.49. The lowest BCUT2D eigenvalue weighted by Crippen LogP contribution is -2.26. The number of anilines is 2. The first-order valence-corrected chi connectivity index (χ1v) is 10.9. The van der Waals surface area contributed by atoms with Gasteiger partial charge in [-0.25, -0.2) is 0 Å². The van der Waals surface area contributed by atoms with Crippen LogP contribution in [0.2, 0.25) is 0 Å². The Balaban J connectivity index is 1.85. The molecule has 0 fully saturated rings. The molecule has 31 heavy (non-hydrogen) atoms. The zero-order valence-electron chi connectivity index (χ0n) is 18.5. The van der Waals surface area contributed by atoms with Crippen LogP contribution in [0.3, 0.4) is 0 Å². The number of nitrogens with zero attached hydrogens (tertiary/aromatic N) is 2. The predicted molar refractivity (Wildman–Crippen MR) is 131 cm³/mol. The fraction of sp³-hybridized carbons (Fsp3) is 0.172. The second-order valence-electron chi connectivity index (χ2n) is 9.03. The summed E-state index contributed by atoms with van der Waals surface area (Å²) in [6, 6.07) is 31.6. The molecule has 0 amide bonds. The summed E-state index contributed by atoms with van der Waals surface area (Å²) in [6.45, 7) is 0. The van der Waals surface area contributed by atoms with Crippen molar-refractivity contribution < 1.29 is 0 Å². The largest absolute Gasteiger partial charge is 0.377 e. The molecular weight excluding hydrogens is 376 g/mol. The first-order valence-electron chi connectivity index (χ1n) is 10.9. The molecule has 4 aromatic carbocycles. The first-order chi connectivity index (χ1) is 15.1. The summed E-state index contributed by atoms with van der Waals surface area (Å²) in [7, 11) is 8.57. The molecule has 2 aliphatic rings. The van der Waals surface area contributed by atoms with E-state index in [0.717, 1.165) is 0 Å². The second kappa shape index (κ2) is 6.24. The Bertz CT molecular complexity index is 1240. The Morgan fingerprint density at radius 2 is 0.839 bits per heavy atom. The lowest BCUT2D eigenvalue weighted by atomic mass is 9.70. The topological polar surface area (TPSA) is 6.48 Å². The van der Waals surface area contributed by atoms with Crippen LogP contribution in [0.5, 0.6) is 0 Å². The van der Waals surface area contributed by atoms with E-state index in [1.807, 2.05) is 0 Å². The lowest BCUT2D eigenvalue weighted by Gasteiger charge is -2.31. The molecule has 0 aliphatic heterocycles. The van der Waals surface area contributed by atoms with Crippen molar-refractivity contribution in [3.63, 3.8) is 0 Å². The van der Waals surface area contributed by atoms with Crippen LogP contribution < -0.4 is 9.80 Å². The minimum atomic E-state index is -0.282. The number of rotatable bonds is 2. The van der Waals surface area contributed by atoms with Crippen molar-refractivity contribution in [2.24, 2.45) is 0 Å². The SMILES string of the molecule is CN(C)c1cccc2c1-c1ccccc1C21c2ccccc2-c2c(N(C)C)cccc21. The van der Waals surface area contributed by atoms with Crippen LogP contribution in [0, 0.1) is 0 Å². The molecule has 0 aromatic heterocycles. The molecule has 2 aliphatic carbocycles. The normalized spacial score (nSPS) is 14.1. The number of hydrogen-bond acceptors (Lipinski definition) is 2. The summed E-state index contributed by atoms with van der Waals surface area (Å²) in [5.74, 6) is 0. The highest BCUT2D eigenvalue weighted by Crippen LogP contribution is 2.65. The molecule has 6 rings (SSSR count). The van der Waals surface area contributed by atoms with E-state index in [2.05, 4.69) is 123 Å².